The van der Waals surface area contributed by atoms with Crippen LogP contribution in [0.4, 0.5) is 11.4 Å². The van der Waals surface area contributed by atoms with Crippen molar-refractivity contribution in [2.24, 2.45) is 15.9 Å². The van der Waals surface area contributed by atoms with Gasteiger partial charge >= 0.3 is 0 Å². The third-order valence-electron chi connectivity index (χ3n) is 6.02. The van der Waals surface area contributed by atoms with Crippen LogP contribution in [0, 0.1) is 0 Å². The molecular weight excluding hydrogens is 378 g/mol. The molecule has 0 fully saturated rings. The van der Waals surface area contributed by atoms with E-state index in [9.17, 15) is 9.59 Å². The lowest BCUT2D eigenvalue weighted by atomic mass is 9.66. The Hall–Kier alpha value is -3.32. The molecule has 0 atom stereocenters. The van der Waals surface area contributed by atoms with E-state index >= 15 is 0 Å². The number of hydrogen-bond donors (Lipinski definition) is 3. The number of nitrogens with zero attached hydrogens (tertiary/aromatic N) is 2. The molecule has 0 radical (unpaired) electrons. The number of carbonyl (C=O) groups is 2. The zero-order valence-electron chi connectivity index (χ0n) is 16.9. The molecule has 154 valence electrons. The lowest BCUT2D eigenvalue weighted by Crippen LogP contribution is -2.40. The van der Waals surface area contributed by atoms with Crippen LogP contribution in [0.25, 0.3) is 0 Å². The highest BCUT2D eigenvalue weighted by atomic mass is 16.1. The summed E-state index contributed by atoms with van der Waals surface area (Å²) < 4.78 is 0. The Morgan fingerprint density at radius 2 is 1.53 bits per heavy atom. The van der Waals surface area contributed by atoms with Gasteiger partial charge in [0.2, 0.25) is 12.8 Å². The van der Waals surface area contributed by atoms with Gasteiger partial charge in [-0.2, -0.15) is 10.2 Å². The molecular formula is C23H25N5O2. The van der Waals surface area contributed by atoms with Gasteiger partial charge in [0.15, 0.2) is 0 Å². The molecule has 0 unspecified atom stereocenters. The highest BCUT2D eigenvalue weighted by molar-refractivity contribution is 6.13. The molecule has 2 aromatic carbocycles. The predicted molar refractivity (Wildman–Crippen MR) is 119 cm³/mol. The van der Waals surface area contributed by atoms with Gasteiger partial charge in [0.25, 0.3) is 0 Å². The number of fused-ring (bicyclic) bond motifs is 2. The molecule has 7 heteroatoms. The number of benzene rings is 2. The Bertz CT molecular complexity index is 996. The van der Waals surface area contributed by atoms with Gasteiger partial charge in [-0.05, 0) is 79.3 Å². The number of aryl methyl sites for hydroxylation is 2. The van der Waals surface area contributed by atoms with E-state index in [1.54, 1.807) is 0 Å². The molecule has 7 nitrogen and oxygen atoms in total. The van der Waals surface area contributed by atoms with E-state index in [0.29, 0.717) is 32.2 Å². The average Bonchev–Trinajstić information content (AvgIpc) is 3.13. The average molecular weight is 403 g/mol. The number of nitrogens with one attached hydrogen (secondary N) is 2. The molecule has 4 N–H and O–H groups in total. The van der Waals surface area contributed by atoms with Crippen molar-refractivity contribution in [3.63, 3.8) is 0 Å². The summed E-state index contributed by atoms with van der Waals surface area (Å²) in [5, 5.41) is 14.4. The van der Waals surface area contributed by atoms with Gasteiger partial charge in [0.1, 0.15) is 0 Å². The minimum Gasteiger partial charge on any atom is -0.330 e. The molecule has 0 bridgehead atoms. The standard InChI is InChI=1S/C23H25N5O2/c1-15-10-22(28-27-15)23(8-9-24)20-6-4-18(25-13-29)11-16(20)2-3-17-12-19(26-14-30)5-7-21(17)23/h4-7,11-14H,2-3,8-10,24H2,1H3,(H,25,29)(H,26,30). The number of rotatable bonds is 7. The molecule has 0 aromatic heterocycles. The maximum absolute atomic E-state index is 11.0. The van der Waals surface area contributed by atoms with Crippen molar-refractivity contribution in [1.82, 2.24) is 0 Å². The van der Waals surface area contributed by atoms with E-state index in [-0.39, 0.29) is 0 Å². The largest absolute Gasteiger partial charge is 0.330 e. The van der Waals surface area contributed by atoms with Gasteiger partial charge in [-0.3, -0.25) is 9.59 Å². The highest BCUT2D eigenvalue weighted by Crippen LogP contribution is 2.46. The first-order chi connectivity index (χ1) is 14.6. The van der Waals surface area contributed by atoms with E-state index in [1.165, 1.54) is 0 Å². The lowest BCUT2D eigenvalue weighted by molar-refractivity contribution is -0.106. The second kappa shape index (κ2) is 8.20. The summed E-state index contributed by atoms with van der Waals surface area (Å²) in [7, 11) is 0. The first kappa shape index (κ1) is 20.0. The summed E-state index contributed by atoms with van der Waals surface area (Å²) in [6.07, 6.45) is 4.38. The fourth-order valence-electron chi connectivity index (χ4n) is 4.80. The maximum Gasteiger partial charge on any atom is 0.211 e. The van der Waals surface area contributed by atoms with Gasteiger partial charge in [0, 0.05) is 23.5 Å². The number of carbonyl (C=O) groups excluding carboxylic acids is 2. The summed E-state index contributed by atoms with van der Waals surface area (Å²) in [5.74, 6) is 0. The second-order valence-electron chi connectivity index (χ2n) is 7.77. The summed E-state index contributed by atoms with van der Waals surface area (Å²) in [6, 6.07) is 12.1. The quantitative estimate of drug-likeness (QED) is 0.619. The molecule has 0 saturated carbocycles. The molecule has 1 heterocycles. The third-order valence-corrected chi connectivity index (χ3v) is 6.02. The summed E-state index contributed by atoms with van der Waals surface area (Å²) >= 11 is 0. The van der Waals surface area contributed by atoms with Crippen molar-refractivity contribution >= 4 is 35.6 Å². The smallest absolute Gasteiger partial charge is 0.211 e. The first-order valence-corrected chi connectivity index (χ1v) is 10.1. The minimum atomic E-state index is -0.503. The van der Waals surface area contributed by atoms with Crippen molar-refractivity contribution in [3.05, 3.63) is 58.7 Å². The van der Waals surface area contributed by atoms with Gasteiger partial charge in [-0.25, -0.2) is 0 Å². The van der Waals surface area contributed by atoms with Gasteiger partial charge in [0.05, 0.1) is 11.1 Å². The molecule has 2 amide bonds. The predicted octanol–water partition coefficient (Wildman–Crippen LogP) is 2.78. The number of nitrogens with two attached hydrogens (primary N) is 1. The zero-order chi connectivity index (χ0) is 21.1. The molecule has 0 saturated heterocycles. The topological polar surface area (TPSA) is 109 Å². The molecule has 0 spiro atoms. The van der Waals surface area contributed by atoms with Crippen molar-refractivity contribution in [2.45, 2.75) is 38.0 Å². The van der Waals surface area contributed by atoms with Crippen LogP contribution in [0.2, 0.25) is 0 Å². The normalized spacial score (nSPS) is 16.5. The monoisotopic (exact) mass is 403 g/mol. The third kappa shape index (κ3) is 3.31. The van der Waals surface area contributed by atoms with Crippen molar-refractivity contribution in [1.29, 1.82) is 0 Å². The van der Waals surface area contributed by atoms with E-state index < -0.39 is 5.41 Å². The lowest BCUT2D eigenvalue weighted by Gasteiger charge is -2.36. The molecule has 1 aliphatic heterocycles. The van der Waals surface area contributed by atoms with Gasteiger partial charge in [-0.15, -0.1) is 0 Å². The van der Waals surface area contributed by atoms with Crippen LogP contribution in [-0.4, -0.2) is 30.8 Å². The zero-order valence-corrected chi connectivity index (χ0v) is 16.9. The van der Waals surface area contributed by atoms with Crippen molar-refractivity contribution < 1.29 is 9.59 Å². The molecule has 30 heavy (non-hydrogen) atoms. The summed E-state index contributed by atoms with van der Waals surface area (Å²) in [5.41, 5.74) is 13.8. The minimum absolute atomic E-state index is 0.486. The molecule has 1 aliphatic carbocycles. The Morgan fingerprint density at radius 1 is 0.967 bits per heavy atom. The fourth-order valence-corrected chi connectivity index (χ4v) is 4.80. The SMILES string of the molecule is CC1=NN=C(C2(CCN)c3ccc(NC=O)cc3CCc3cc(NC=O)ccc32)C1. The summed E-state index contributed by atoms with van der Waals surface area (Å²) in [6.45, 7) is 2.47. The number of amides is 2. The van der Waals surface area contributed by atoms with E-state index in [2.05, 4.69) is 33.0 Å². The Morgan fingerprint density at radius 3 is 1.97 bits per heavy atom. The van der Waals surface area contributed by atoms with Crippen LogP contribution in [0.15, 0.2) is 46.6 Å². The first-order valence-electron chi connectivity index (χ1n) is 10.1. The molecule has 2 aromatic rings. The van der Waals surface area contributed by atoms with Crippen LogP contribution in [0.3, 0.4) is 0 Å². The summed E-state index contributed by atoms with van der Waals surface area (Å²) in [4.78, 5) is 21.9. The van der Waals surface area contributed by atoms with Crippen molar-refractivity contribution in [2.75, 3.05) is 17.2 Å². The van der Waals surface area contributed by atoms with Crippen LogP contribution in [0.5, 0.6) is 0 Å². The Balaban J connectivity index is 1.97. The fraction of sp³-hybridized carbons (Fsp3) is 0.304. The Kier molecular flexibility index (Phi) is 5.46. The second-order valence-corrected chi connectivity index (χ2v) is 7.77. The number of hydrogen-bond acceptors (Lipinski definition) is 5. The van der Waals surface area contributed by atoms with E-state index in [1.807, 2.05) is 31.2 Å². The van der Waals surface area contributed by atoms with Gasteiger partial charge in [-0.1, -0.05) is 12.1 Å². The molecule has 4 rings (SSSR count). The van der Waals surface area contributed by atoms with E-state index in [4.69, 9.17) is 5.73 Å². The van der Waals surface area contributed by atoms with Gasteiger partial charge < -0.3 is 16.4 Å². The van der Waals surface area contributed by atoms with E-state index in [0.717, 1.165) is 57.9 Å². The number of anilines is 2. The Labute approximate surface area is 175 Å². The van der Waals surface area contributed by atoms with Crippen LogP contribution in [-0.2, 0) is 27.8 Å². The van der Waals surface area contributed by atoms with Crippen LogP contribution >= 0.6 is 0 Å². The highest BCUT2D eigenvalue weighted by Gasteiger charge is 2.44. The van der Waals surface area contributed by atoms with Crippen LogP contribution < -0.4 is 16.4 Å². The maximum atomic E-state index is 11.0. The van der Waals surface area contributed by atoms with Crippen LogP contribution in [0.1, 0.15) is 42.0 Å². The van der Waals surface area contributed by atoms with Crippen molar-refractivity contribution in [3.8, 4) is 0 Å². The molecule has 2 aliphatic rings.